The average molecular weight is 261 g/mol. The highest BCUT2D eigenvalue weighted by molar-refractivity contribution is 7.16. The van der Waals surface area contributed by atoms with Crippen LogP contribution in [0.2, 0.25) is 0 Å². The lowest BCUT2D eigenvalue weighted by atomic mass is 10.0. The quantitative estimate of drug-likeness (QED) is 0.852. The maximum Gasteiger partial charge on any atom is 0.253 e. The summed E-state index contributed by atoms with van der Waals surface area (Å²) in [5, 5.41) is 0. The molecule has 1 fully saturated rings. The molecule has 18 heavy (non-hydrogen) atoms. The van der Waals surface area contributed by atoms with E-state index in [4.69, 9.17) is 5.73 Å². The number of hydrogen-bond donors (Lipinski definition) is 1. The van der Waals surface area contributed by atoms with E-state index in [1.165, 1.54) is 0 Å². The Bertz CT molecular complexity index is 572. The van der Waals surface area contributed by atoms with E-state index >= 15 is 0 Å². The first-order valence-electron chi connectivity index (χ1n) is 6.12. The molecule has 0 spiro atoms. The molecule has 0 atom stereocenters. The van der Waals surface area contributed by atoms with Gasteiger partial charge in [0.25, 0.3) is 5.91 Å². The van der Waals surface area contributed by atoms with E-state index in [0.717, 1.165) is 41.7 Å². The maximum atomic E-state index is 12.3. The van der Waals surface area contributed by atoms with Crippen LogP contribution >= 0.6 is 11.3 Å². The number of likely N-dealkylation sites (tertiary alicyclic amines) is 1. The first-order chi connectivity index (χ1) is 8.74. The molecule has 0 aliphatic carbocycles. The van der Waals surface area contributed by atoms with Crippen molar-refractivity contribution in [1.82, 2.24) is 9.88 Å². The van der Waals surface area contributed by atoms with Gasteiger partial charge in [-0.15, -0.1) is 11.3 Å². The summed E-state index contributed by atoms with van der Waals surface area (Å²) in [6, 6.07) is 5.95. The highest BCUT2D eigenvalue weighted by atomic mass is 32.1. The third kappa shape index (κ3) is 2.11. The van der Waals surface area contributed by atoms with Gasteiger partial charge in [0.15, 0.2) is 0 Å². The van der Waals surface area contributed by atoms with Gasteiger partial charge in [-0.2, -0.15) is 0 Å². The normalized spacial score (nSPS) is 17.3. The van der Waals surface area contributed by atoms with Crippen molar-refractivity contribution < 1.29 is 4.79 Å². The summed E-state index contributed by atoms with van der Waals surface area (Å²) in [7, 11) is 0. The number of benzene rings is 1. The van der Waals surface area contributed by atoms with Gasteiger partial charge in [-0.1, -0.05) is 0 Å². The molecule has 2 aromatic rings. The van der Waals surface area contributed by atoms with E-state index in [-0.39, 0.29) is 11.9 Å². The molecule has 0 saturated carbocycles. The predicted octanol–water partition coefficient (Wildman–Crippen LogP) is 1.86. The largest absolute Gasteiger partial charge is 0.339 e. The Kier molecular flexibility index (Phi) is 3.01. The topological polar surface area (TPSA) is 59.2 Å². The zero-order chi connectivity index (χ0) is 12.5. The van der Waals surface area contributed by atoms with Gasteiger partial charge in [-0.25, -0.2) is 4.98 Å². The van der Waals surface area contributed by atoms with Crippen molar-refractivity contribution in [2.75, 3.05) is 13.1 Å². The minimum atomic E-state index is 0.109. The molecular formula is C13H15N3OS. The summed E-state index contributed by atoms with van der Waals surface area (Å²) in [4.78, 5) is 18.5. The van der Waals surface area contributed by atoms with Gasteiger partial charge in [0.1, 0.15) is 0 Å². The van der Waals surface area contributed by atoms with E-state index in [1.54, 1.807) is 16.8 Å². The molecule has 0 bridgehead atoms. The zero-order valence-corrected chi connectivity index (χ0v) is 10.8. The van der Waals surface area contributed by atoms with Gasteiger partial charge in [0.05, 0.1) is 15.7 Å². The minimum absolute atomic E-state index is 0.109. The van der Waals surface area contributed by atoms with Crippen LogP contribution in [0.5, 0.6) is 0 Å². The fourth-order valence-corrected chi connectivity index (χ4v) is 2.99. The van der Waals surface area contributed by atoms with E-state index in [0.29, 0.717) is 0 Å². The van der Waals surface area contributed by atoms with E-state index in [2.05, 4.69) is 4.98 Å². The third-order valence-corrected chi connectivity index (χ3v) is 4.20. The molecule has 0 unspecified atom stereocenters. The molecule has 4 nitrogen and oxygen atoms in total. The average Bonchev–Trinajstić information content (AvgIpc) is 2.86. The number of fused-ring (bicyclic) bond motifs is 1. The number of nitrogens with zero attached hydrogens (tertiary/aromatic N) is 2. The number of aromatic nitrogens is 1. The number of thiazole rings is 1. The molecule has 2 heterocycles. The Balaban J connectivity index is 1.82. The fraction of sp³-hybridized carbons (Fsp3) is 0.385. The minimum Gasteiger partial charge on any atom is -0.339 e. The molecule has 0 radical (unpaired) electrons. The van der Waals surface area contributed by atoms with Crippen LogP contribution in [0.3, 0.4) is 0 Å². The second-order valence-electron chi connectivity index (χ2n) is 4.66. The summed E-state index contributed by atoms with van der Waals surface area (Å²) in [6.45, 7) is 1.53. The summed E-state index contributed by atoms with van der Waals surface area (Å²) in [6.07, 6.45) is 1.79. The SMILES string of the molecule is NC1CCN(C(=O)c2ccc3ncsc3c2)CC1. The van der Waals surface area contributed by atoms with Crippen molar-refractivity contribution >= 4 is 27.5 Å². The van der Waals surface area contributed by atoms with Crippen LogP contribution in [0, 0.1) is 0 Å². The van der Waals surface area contributed by atoms with Crippen LogP contribution in [-0.2, 0) is 0 Å². The lowest BCUT2D eigenvalue weighted by molar-refractivity contribution is 0.0715. The molecule has 1 aliphatic rings. The summed E-state index contributed by atoms with van der Waals surface area (Å²) >= 11 is 1.56. The summed E-state index contributed by atoms with van der Waals surface area (Å²) < 4.78 is 1.06. The second-order valence-corrected chi connectivity index (χ2v) is 5.55. The van der Waals surface area contributed by atoms with Crippen molar-refractivity contribution in [2.24, 2.45) is 5.73 Å². The van der Waals surface area contributed by atoms with E-state index < -0.39 is 0 Å². The molecule has 1 aromatic carbocycles. The molecule has 94 valence electrons. The predicted molar refractivity (Wildman–Crippen MR) is 72.7 cm³/mol. The lowest BCUT2D eigenvalue weighted by Gasteiger charge is -2.30. The van der Waals surface area contributed by atoms with Crippen LogP contribution in [0.4, 0.5) is 0 Å². The van der Waals surface area contributed by atoms with Crippen LogP contribution in [0.1, 0.15) is 23.2 Å². The standard InChI is InChI=1S/C13H15N3OS/c14-10-3-5-16(6-4-10)13(17)9-1-2-11-12(7-9)18-8-15-11/h1-2,7-8,10H,3-6,14H2. The second kappa shape index (κ2) is 4.66. The van der Waals surface area contributed by atoms with Crippen molar-refractivity contribution in [3.05, 3.63) is 29.3 Å². The Morgan fingerprint density at radius 2 is 2.17 bits per heavy atom. The number of amides is 1. The molecule has 3 rings (SSSR count). The third-order valence-electron chi connectivity index (χ3n) is 3.41. The van der Waals surface area contributed by atoms with Gasteiger partial charge < -0.3 is 10.6 Å². The number of nitrogens with two attached hydrogens (primary N) is 1. The Morgan fingerprint density at radius 1 is 1.39 bits per heavy atom. The van der Waals surface area contributed by atoms with Gasteiger partial charge in [0.2, 0.25) is 0 Å². The van der Waals surface area contributed by atoms with Crippen molar-refractivity contribution in [2.45, 2.75) is 18.9 Å². The van der Waals surface area contributed by atoms with Crippen molar-refractivity contribution in [3.63, 3.8) is 0 Å². The molecule has 5 heteroatoms. The van der Waals surface area contributed by atoms with Crippen LogP contribution in [0.25, 0.3) is 10.2 Å². The zero-order valence-electron chi connectivity index (χ0n) is 10.0. The van der Waals surface area contributed by atoms with Crippen LogP contribution in [0.15, 0.2) is 23.7 Å². The fourth-order valence-electron chi connectivity index (χ4n) is 2.27. The Morgan fingerprint density at radius 3 is 2.94 bits per heavy atom. The Hall–Kier alpha value is -1.46. The number of carbonyl (C=O) groups excluding carboxylic acids is 1. The Labute approximate surface area is 109 Å². The smallest absolute Gasteiger partial charge is 0.253 e. The van der Waals surface area contributed by atoms with E-state index in [1.807, 2.05) is 23.1 Å². The van der Waals surface area contributed by atoms with E-state index in [9.17, 15) is 4.79 Å². The van der Waals surface area contributed by atoms with Crippen LogP contribution < -0.4 is 5.73 Å². The van der Waals surface area contributed by atoms with Crippen molar-refractivity contribution in [3.8, 4) is 0 Å². The van der Waals surface area contributed by atoms with Gasteiger partial charge in [0, 0.05) is 24.7 Å². The maximum absolute atomic E-state index is 12.3. The number of rotatable bonds is 1. The molecule has 1 aliphatic heterocycles. The number of piperidine rings is 1. The molecule has 1 saturated heterocycles. The first-order valence-corrected chi connectivity index (χ1v) is 7.00. The molecule has 1 aromatic heterocycles. The molecular weight excluding hydrogens is 246 g/mol. The highest BCUT2D eigenvalue weighted by Gasteiger charge is 2.21. The lowest BCUT2D eigenvalue weighted by Crippen LogP contribution is -2.42. The first kappa shape index (κ1) is 11.6. The molecule has 1 amide bonds. The summed E-state index contributed by atoms with van der Waals surface area (Å²) in [5.41, 5.74) is 9.36. The highest BCUT2D eigenvalue weighted by Crippen LogP contribution is 2.21. The van der Waals surface area contributed by atoms with Gasteiger partial charge in [-0.3, -0.25) is 4.79 Å². The monoisotopic (exact) mass is 261 g/mol. The van der Waals surface area contributed by atoms with Crippen molar-refractivity contribution in [1.29, 1.82) is 0 Å². The molecule has 2 N–H and O–H groups in total. The number of hydrogen-bond acceptors (Lipinski definition) is 4. The summed E-state index contributed by atoms with van der Waals surface area (Å²) in [5.74, 6) is 0.109. The van der Waals surface area contributed by atoms with Crippen LogP contribution in [-0.4, -0.2) is 34.9 Å². The van der Waals surface area contributed by atoms with Gasteiger partial charge >= 0.3 is 0 Å². The number of carbonyl (C=O) groups is 1. The van der Waals surface area contributed by atoms with Gasteiger partial charge in [-0.05, 0) is 31.0 Å².